The van der Waals surface area contributed by atoms with Gasteiger partial charge in [0.15, 0.2) is 0 Å². The van der Waals surface area contributed by atoms with E-state index in [1.165, 1.54) is 11.8 Å². The van der Waals surface area contributed by atoms with E-state index < -0.39 is 0 Å². The van der Waals surface area contributed by atoms with Crippen LogP contribution in [0.4, 0.5) is 5.82 Å². The van der Waals surface area contributed by atoms with E-state index in [0.29, 0.717) is 29.7 Å². The number of esters is 1. The van der Waals surface area contributed by atoms with Crippen LogP contribution in [0.3, 0.4) is 0 Å². The van der Waals surface area contributed by atoms with Gasteiger partial charge < -0.3 is 10.2 Å². The summed E-state index contributed by atoms with van der Waals surface area (Å²) in [5.41, 5.74) is 2.47. The number of hydrogen-bond acceptors (Lipinski definition) is 7. The lowest BCUT2D eigenvalue weighted by Crippen LogP contribution is -2.11. The highest BCUT2D eigenvalue weighted by molar-refractivity contribution is 7.99. The number of nitrogens with two attached hydrogens (primary N) is 1. The van der Waals surface area contributed by atoms with E-state index in [1.54, 1.807) is 13.0 Å². The fourth-order valence-electron chi connectivity index (χ4n) is 1.11. The average Bonchev–Trinajstić information content (AvgIpc) is 2.36. The zero-order valence-electron chi connectivity index (χ0n) is 9.90. The standard InChI is InChI=1S/C10H16N4O2S/c1-3-7-12-8(14-11)5-9(13-7)17-6-10(15)16-4-2/h5H,3-4,6,11H2,1-2H3,(H,12,13,14). The van der Waals surface area contributed by atoms with Crippen LogP contribution < -0.4 is 11.3 Å². The average molecular weight is 256 g/mol. The van der Waals surface area contributed by atoms with Crippen LogP contribution in [-0.2, 0) is 16.0 Å². The minimum Gasteiger partial charge on any atom is -0.465 e. The van der Waals surface area contributed by atoms with Crippen LogP contribution in [0.2, 0.25) is 0 Å². The van der Waals surface area contributed by atoms with E-state index >= 15 is 0 Å². The maximum atomic E-state index is 11.2. The second-order valence-electron chi connectivity index (χ2n) is 3.10. The number of hydrogen-bond donors (Lipinski definition) is 2. The summed E-state index contributed by atoms with van der Waals surface area (Å²) in [5, 5.41) is 0.706. The van der Waals surface area contributed by atoms with Crippen LogP contribution in [0.5, 0.6) is 0 Å². The number of aryl methyl sites for hydroxylation is 1. The first-order chi connectivity index (χ1) is 8.19. The third-order valence-electron chi connectivity index (χ3n) is 1.86. The summed E-state index contributed by atoms with van der Waals surface area (Å²) < 4.78 is 4.83. The van der Waals surface area contributed by atoms with Gasteiger partial charge in [0.25, 0.3) is 0 Å². The molecular weight excluding hydrogens is 240 g/mol. The van der Waals surface area contributed by atoms with Crippen LogP contribution in [0.1, 0.15) is 19.7 Å². The van der Waals surface area contributed by atoms with Gasteiger partial charge >= 0.3 is 5.97 Å². The highest BCUT2D eigenvalue weighted by Gasteiger charge is 2.07. The summed E-state index contributed by atoms with van der Waals surface area (Å²) >= 11 is 1.31. The minimum atomic E-state index is -0.253. The van der Waals surface area contributed by atoms with Gasteiger partial charge in [-0.25, -0.2) is 15.8 Å². The van der Waals surface area contributed by atoms with Gasteiger partial charge in [-0.3, -0.25) is 4.79 Å². The molecule has 1 aromatic heterocycles. The molecule has 0 aliphatic rings. The Hall–Kier alpha value is -1.34. The molecular formula is C10H16N4O2S. The van der Waals surface area contributed by atoms with Crippen molar-refractivity contribution < 1.29 is 9.53 Å². The van der Waals surface area contributed by atoms with Crippen LogP contribution in [0.25, 0.3) is 0 Å². The molecule has 0 spiro atoms. The highest BCUT2D eigenvalue weighted by Crippen LogP contribution is 2.18. The number of anilines is 1. The molecule has 0 radical (unpaired) electrons. The number of aromatic nitrogens is 2. The molecule has 1 rings (SSSR count). The number of ether oxygens (including phenoxy) is 1. The van der Waals surface area contributed by atoms with Gasteiger partial charge in [0.1, 0.15) is 16.7 Å². The zero-order valence-corrected chi connectivity index (χ0v) is 10.7. The van der Waals surface area contributed by atoms with Crippen molar-refractivity contribution in [3.8, 4) is 0 Å². The molecule has 17 heavy (non-hydrogen) atoms. The second kappa shape index (κ2) is 7.08. The van der Waals surface area contributed by atoms with Crippen molar-refractivity contribution in [3.63, 3.8) is 0 Å². The van der Waals surface area contributed by atoms with E-state index in [4.69, 9.17) is 10.6 Å². The van der Waals surface area contributed by atoms with Gasteiger partial charge in [-0.15, -0.1) is 0 Å². The number of carbonyl (C=O) groups excluding carboxylic acids is 1. The maximum Gasteiger partial charge on any atom is 0.316 e. The van der Waals surface area contributed by atoms with Crippen LogP contribution in [-0.4, -0.2) is 28.3 Å². The normalized spacial score (nSPS) is 10.1. The van der Waals surface area contributed by atoms with Crippen molar-refractivity contribution in [1.29, 1.82) is 0 Å². The second-order valence-corrected chi connectivity index (χ2v) is 4.09. The monoisotopic (exact) mass is 256 g/mol. The molecule has 6 nitrogen and oxygen atoms in total. The summed E-state index contributed by atoms with van der Waals surface area (Å²) in [4.78, 5) is 19.6. The molecule has 0 atom stereocenters. The third-order valence-corrected chi connectivity index (χ3v) is 2.74. The SMILES string of the molecule is CCOC(=O)CSc1cc(NN)nc(CC)n1. The summed E-state index contributed by atoms with van der Waals surface area (Å²) in [6, 6.07) is 1.70. The molecule has 94 valence electrons. The van der Waals surface area contributed by atoms with E-state index in [2.05, 4.69) is 15.4 Å². The molecule has 3 N–H and O–H groups in total. The van der Waals surface area contributed by atoms with Gasteiger partial charge in [0.2, 0.25) is 0 Å². The van der Waals surface area contributed by atoms with Crippen molar-refractivity contribution in [2.75, 3.05) is 17.8 Å². The fourth-order valence-corrected chi connectivity index (χ4v) is 1.83. The van der Waals surface area contributed by atoms with Crippen molar-refractivity contribution in [1.82, 2.24) is 9.97 Å². The first kappa shape index (κ1) is 13.7. The number of nitrogens with zero attached hydrogens (tertiary/aromatic N) is 2. The van der Waals surface area contributed by atoms with Crippen molar-refractivity contribution in [2.24, 2.45) is 5.84 Å². The van der Waals surface area contributed by atoms with E-state index in [9.17, 15) is 4.79 Å². The highest BCUT2D eigenvalue weighted by atomic mass is 32.2. The Labute approximate surface area is 104 Å². The van der Waals surface area contributed by atoms with Crippen molar-refractivity contribution >= 4 is 23.5 Å². The molecule has 1 aromatic rings. The minimum absolute atomic E-state index is 0.234. The topological polar surface area (TPSA) is 90.1 Å². The Kier molecular flexibility index (Phi) is 5.71. The van der Waals surface area contributed by atoms with Gasteiger partial charge in [0, 0.05) is 12.5 Å². The zero-order chi connectivity index (χ0) is 12.7. The molecule has 0 aliphatic carbocycles. The number of nitrogen functional groups attached to an aromatic ring is 1. The largest absolute Gasteiger partial charge is 0.465 e. The number of carbonyl (C=O) groups is 1. The first-order valence-electron chi connectivity index (χ1n) is 5.32. The first-order valence-corrected chi connectivity index (χ1v) is 6.31. The summed E-state index contributed by atoms with van der Waals surface area (Å²) in [6.07, 6.45) is 0.711. The molecule has 0 unspecified atom stereocenters. The van der Waals surface area contributed by atoms with E-state index in [1.807, 2.05) is 6.92 Å². The van der Waals surface area contributed by atoms with Gasteiger partial charge in [0.05, 0.1) is 12.4 Å². The van der Waals surface area contributed by atoms with Crippen molar-refractivity contribution in [2.45, 2.75) is 25.3 Å². The number of hydrazine groups is 1. The quantitative estimate of drug-likeness (QED) is 0.258. The molecule has 7 heteroatoms. The third kappa shape index (κ3) is 4.58. The Balaban J connectivity index is 2.66. The fraction of sp³-hybridized carbons (Fsp3) is 0.500. The van der Waals surface area contributed by atoms with Crippen molar-refractivity contribution in [3.05, 3.63) is 11.9 Å². The van der Waals surface area contributed by atoms with E-state index in [-0.39, 0.29) is 11.7 Å². The molecule has 0 fully saturated rings. The molecule has 0 aliphatic heterocycles. The van der Waals surface area contributed by atoms with Crippen LogP contribution in [0.15, 0.2) is 11.1 Å². The smallest absolute Gasteiger partial charge is 0.316 e. The molecule has 0 bridgehead atoms. The lowest BCUT2D eigenvalue weighted by Gasteiger charge is -2.06. The number of thioether (sulfide) groups is 1. The number of nitrogens with one attached hydrogen (secondary N) is 1. The Morgan fingerprint density at radius 3 is 2.88 bits per heavy atom. The molecule has 0 aromatic carbocycles. The molecule has 0 saturated carbocycles. The molecule has 0 amide bonds. The Morgan fingerprint density at radius 2 is 2.29 bits per heavy atom. The number of rotatable bonds is 6. The van der Waals surface area contributed by atoms with Crippen LogP contribution in [0, 0.1) is 0 Å². The summed E-state index contributed by atoms with van der Waals surface area (Å²) in [7, 11) is 0. The van der Waals surface area contributed by atoms with Gasteiger partial charge in [-0.05, 0) is 6.92 Å². The Bertz CT molecular complexity index is 364. The summed E-state index contributed by atoms with van der Waals surface area (Å²) in [6.45, 7) is 4.12. The van der Waals surface area contributed by atoms with E-state index in [0.717, 1.165) is 0 Å². The predicted octanol–water partition coefficient (Wildman–Crippen LogP) is 0.980. The van der Waals surface area contributed by atoms with Gasteiger partial charge in [-0.2, -0.15) is 0 Å². The molecule has 1 heterocycles. The Morgan fingerprint density at radius 1 is 1.53 bits per heavy atom. The summed E-state index contributed by atoms with van der Waals surface area (Å²) in [5.74, 6) is 6.52. The lowest BCUT2D eigenvalue weighted by atomic mass is 10.4. The maximum absolute atomic E-state index is 11.2. The van der Waals surface area contributed by atoms with Crippen LogP contribution >= 0.6 is 11.8 Å². The lowest BCUT2D eigenvalue weighted by molar-refractivity contribution is -0.139. The predicted molar refractivity (Wildman–Crippen MR) is 66.6 cm³/mol. The molecule has 0 saturated heterocycles. The van der Waals surface area contributed by atoms with Gasteiger partial charge in [-0.1, -0.05) is 18.7 Å².